The van der Waals surface area contributed by atoms with Crippen LogP contribution < -0.4 is 4.90 Å². The second-order valence-corrected chi connectivity index (χ2v) is 5.80. The van der Waals surface area contributed by atoms with Gasteiger partial charge in [0, 0.05) is 31.0 Å². The Balaban J connectivity index is 1.73. The third-order valence-corrected chi connectivity index (χ3v) is 4.00. The molecule has 3 nitrogen and oxygen atoms in total. The molecule has 1 aromatic carbocycles. The highest BCUT2D eigenvalue weighted by molar-refractivity contribution is 5.94. The van der Waals surface area contributed by atoms with E-state index in [2.05, 4.69) is 30.1 Å². The minimum absolute atomic E-state index is 0.206. The minimum atomic E-state index is 0.206. The molecule has 1 aliphatic rings. The molecular formula is C18H20N2O. The zero-order chi connectivity index (χ0) is 14.7. The largest absolute Gasteiger partial charge is 0.312 e. The van der Waals surface area contributed by atoms with Gasteiger partial charge in [-0.3, -0.25) is 9.78 Å². The standard InChI is InChI=1S/C18H20N2O/c1-14-11-16-6-2-3-7-17(16)20(13-14)18(21)9-8-15-5-4-10-19-12-15/h2-7,10,12,14H,8-9,11,13H2,1H3/t14-/m1/s1. The van der Waals surface area contributed by atoms with Gasteiger partial charge in [0.05, 0.1) is 0 Å². The number of fused-ring (bicyclic) bond motifs is 1. The molecule has 0 unspecified atom stereocenters. The summed E-state index contributed by atoms with van der Waals surface area (Å²) in [6, 6.07) is 12.2. The number of nitrogens with zero attached hydrogens (tertiary/aromatic N) is 2. The summed E-state index contributed by atoms with van der Waals surface area (Å²) in [5.74, 6) is 0.722. The lowest BCUT2D eigenvalue weighted by molar-refractivity contribution is -0.118. The zero-order valence-corrected chi connectivity index (χ0v) is 12.3. The SMILES string of the molecule is C[C@@H]1Cc2ccccc2N(C(=O)CCc2cccnc2)C1. The number of anilines is 1. The molecule has 0 radical (unpaired) electrons. The molecule has 1 aromatic heterocycles. The molecule has 0 spiro atoms. The van der Waals surface area contributed by atoms with Crippen molar-refractivity contribution in [2.75, 3.05) is 11.4 Å². The van der Waals surface area contributed by atoms with Gasteiger partial charge in [-0.25, -0.2) is 0 Å². The third-order valence-electron chi connectivity index (χ3n) is 4.00. The number of aryl methyl sites for hydroxylation is 1. The van der Waals surface area contributed by atoms with Crippen LogP contribution in [0.4, 0.5) is 5.69 Å². The van der Waals surface area contributed by atoms with Crippen LogP contribution in [-0.4, -0.2) is 17.4 Å². The second-order valence-electron chi connectivity index (χ2n) is 5.80. The Morgan fingerprint density at radius 1 is 1.29 bits per heavy atom. The molecule has 0 bridgehead atoms. The Bertz CT molecular complexity index is 624. The highest BCUT2D eigenvalue weighted by atomic mass is 16.2. The van der Waals surface area contributed by atoms with E-state index in [0.717, 1.165) is 30.6 Å². The molecule has 0 N–H and O–H groups in total. The summed E-state index contributed by atoms with van der Waals surface area (Å²) in [7, 11) is 0. The van der Waals surface area contributed by atoms with E-state index in [1.54, 1.807) is 6.20 Å². The number of carbonyl (C=O) groups excluding carboxylic acids is 1. The maximum absolute atomic E-state index is 12.6. The number of para-hydroxylation sites is 1. The van der Waals surface area contributed by atoms with Crippen molar-refractivity contribution in [1.29, 1.82) is 0 Å². The first-order valence-electron chi connectivity index (χ1n) is 7.51. The lowest BCUT2D eigenvalue weighted by Crippen LogP contribution is -2.39. The number of benzene rings is 1. The van der Waals surface area contributed by atoms with Crippen molar-refractivity contribution in [3.8, 4) is 0 Å². The van der Waals surface area contributed by atoms with Gasteiger partial charge in [0.2, 0.25) is 5.91 Å². The molecule has 2 heterocycles. The van der Waals surface area contributed by atoms with E-state index < -0.39 is 0 Å². The Morgan fingerprint density at radius 3 is 2.95 bits per heavy atom. The van der Waals surface area contributed by atoms with Gasteiger partial charge in [0.1, 0.15) is 0 Å². The smallest absolute Gasteiger partial charge is 0.227 e. The minimum Gasteiger partial charge on any atom is -0.312 e. The Kier molecular flexibility index (Phi) is 4.00. The summed E-state index contributed by atoms with van der Waals surface area (Å²) in [4.78, 5) is 18.6. The molecule has 1 aliphatic heterocycles. The highest BCUT2D eigenvalue weighted by Crippen LogP contribution is 2.29. The van der Waals surface area contributed by atoms with Crippen LogP contribution in [0.1, 0.15) is 24.5 Å². The maximum Gasteiger partial charge on any atom is 0.227 e. The monoisotopic (exact) mass is 280 g/mol. The molecule has 2 aromatic rings. The zero-order valence-electron chi connectivity index (χ0n) is 12.3. The summed E-state index contributed by atoms with van der Waals surface area (Å²) in [5.41, 5.74) is 3.49. The van der Waals surface area contributed by atoms with E-state index in [1.807, 2.05) is 29.3 Å². The molecule has 0 aliphatic carbocycles. The first-order chi connectivity index (χ1) is 10.2. The fourth-order valence-electron chi connectivity index (χ4n) is 2.97. The molecule has 3 heteroatoms. The van der Waals surface area contributed by atoms with Gasteiger partial charge in [-0.1, -0.05) is 31.2 Å². The van der Waals surface area contributed by atoms with Crippen LogP contribution in [-0.2, 0) is 17.6 Å². The van der Waals surface area contributed by atoms with Crippen LogP contribution in [0.25, 0.3) is 0 Å². The van der Waals surface area contributed by atoms with Gasteiger partial charge < -0.3 is 4.90 Å². The highest BCUT2D eigenvalue weighted by Gasteiger charge is 2.25. The van der Waals surface area contributed by atoms with Crippen LogP contribution >= 0.6 is 0 Å². The Hall–Kier alpha value is -2.16. The number of hydrogen-bond donors (Lipinski definition) is 0. The van der Waals surface area contributed by atoms with Crippen LogP contribution in [0.2, 0.25) is 0 Å². The van der Waals surface area contributed by atoms with Crippen molar-refractivity contribution >= 4 is 11.6 Å². The van der Waals surface area contributed by atoms with Crippen molar-refractivity contribution in [3.63, 3.8) is 0 Å². The summed E-state index contributed by atoms with van der Waals surface area (Å²) in [5, 5.41) is 0. The summed E-state index contributed by atoms with van der Waals surface area (Å²) < 4.78 is 0. The van der Waals surface area contributed by atoms with Crippen molar-refractivity contribution in [2.45, 2.75) is 26.2 Å². The normalized spacial score (nSPS) is 17.4. The number of carbonyl (C=O) groups is 1. The Morgan fingerprint density at radius 2 is 2.14 bits per heavy atom. The number of aromatic nitrogens is 1. The molecule has 0 saturated heterocycles. The van der Waals surface area contributed by atoms with Crippen LogP contribution in [0.3, 0.4) is 0 Å². The lowest BCUT2D eigenvalue weighted by Gasteiger charge is -2.33. The lowest BCUT2D eigenvalue weighted by atomic mass is 9.93. The van der Waals surface area contributed by atoms with E-state index >= 15 is 0 Å². The van der Waals surface area contributed by atoms with E-state index in [9.17, 15) is 4.79 Å². The van der Waals surface area contributed by atoms with Crippen LogP contribution in [0, 0.1) is 5.92 Å². The number of amides is 1. The van der Waals surface area contributed by atoms with Gasteiger partial charge in [0.25, 0.3) is 0 Å². The quantitative estimate of drug-likeness (QED) is 0.864. The van der Waals surface area contributed by atoms with Gasteiger partial charge in [-0.2, -0.15) is 0 Å². The second kappa shape index (κ2) is 6.08. The van der Waals surface area contributed by atoms with Gasteiger partial charge in [0.15, 0.2) is 0 Å². The van der Waals surface area contributed by atoms with Crippen molar-refractivity contribution in [3.05, 3.63) is 59.9 Å². The summed E-state index contributed by atoms with van der Waals surface area (Å²) in [6.45, 7) is 3.03. The average molecular weight is 280 g/mol. The third kappa shape index (κ3) is 3.13. The van der Waals surface area contributed by atoms with Gasteiger partial charge in [-0.15, -0.1) is 0 Å². The number of pyridine rings is 1. The Labute approximate surface area is 125 Å². The maximum atomic E-state index is 12.6. The van der Waals surface area contributed by atoms with E-state index in [0.29, 0.717) is 12.3 Å². The van der Waals surface area contributed by atoms with E-state index in [1.165, 1.54) is 5.56 Å². The molecule has 3 rings (SSSR count). The first kappa shape index (κ1) is 13.8. The van der Waals surface area contributed by atoms with Crippen molar-refractivity contribution in [2.24, 2.45) is 5.92 Å². The van der Waals surface area contributed by atoms with Crippen molar-refractivity contribution < 1.29 is 4.79 Å². The van der Waals surface area contributed by atoms with E-state index in [-0.39, 0.29) is 5.91 Å². The van der Waals surface area contributed by atoms with Crippen LogP contribution in [0.15, 0.2) is 48.8 Å². The molecule has 0 saturated carbocycles. The molecule has 0 fully saturated rings. The van der Waals surface area contributed by atoms with Crippen molar-refractivity contribution in [1.82, 2.24) is 4.98 Å². The summed E-state index contributed by atoms with van der Waals surface area (Å²) in [6.07, 6.45) is 5.93. The first-order valence-corrected chi connectivity index (χ1v) is 7.51. The molecule has 108 valence electrons. The van der Waals surface area contributed by atoms with Gasteiger partial charge >= 0.3 is 0 Å². The average Bonchev–Trinajstić information content (AvgIpc) is 2.52. The van der Waals surface area contributed by atoms with Gasteiger partial charge in [-0.05, 0) is 42.0 Å². The predicted molar refractivity (Wildman–Crippen MR) is 84.2 cm³/mol. The fraction of sp³-hybridized carbons (Fsp3) is 0.333. The predicted octanol–water partition coefficient (Wildman–Crippen LogP) is 3.24. The molecule has 1 atom stereocenters. The van der Waals surface area contributed by atoms with Crippen LogP contribution in [0.5, 0.6) is 0 Å². The fourth-order valence-corrected chi connectivity index (χ4v) is 2.97. The molecular weight excluding hydrogens is 260 g/mol. The molecule has 21 heavy (non-hydrogen) atoms. The van der Waals surface area contributed by atoms with E-state index in [4.69, 9.17) is 0 Å². The molecule has 1 amide bonds. The summed E-state index contributed by atoms with van der Waals surface area (Å²) >= 11 is 0. The number of rotatable bonds is 3. The topological polar surface area (TPSA) is 33.2 Å². The number of hydrogen-bond acceptors (Lipinski definition) is 2.